The molecule has 0 N–H and O–H groups in total. The van der Waals surface area contributed by atoms with E-state index < -0.39 is 0 Å². The molecule has 1 heterocycles. The van der Waals surface area contributed by atoms with Crippen LogP contribution in [0.4, 0.5) is 0 Å². The zero-order chi connectivity index (χ0) is 14.6. The molecule has 1 heteroatoms. The molecule has 1 fully saturated rings. The van der Waals surface area contributed by atoms with E-state index in [2.05, 4.69) is 49.9 Å². The van der Waals surface area contributed by atoms with Gasteiger partial charge in [-0.1, -0.05) is 48.8 Å². The summed E-state index contributed by atoms with van der Waals surface area (Å²) in [6.07, 6.45) is 2.67. The molecule has 4 aliphatic rings. The number of hydrogen-bond donors (Lipinski definition) is 0. The van der Waals surface area contributed by atoms with Crippen LogP contribution in [0.2, 0.25) is 0 Å². The molecule has 1 nitrogen and oxygen atoms in total. The largest absolute Gasteiger partial charge is 0.303 e. The van der Waals surface area contributed by atoms with Gasteiger partial charge in [-0.05, 0) is 49.8 Å². The maximum Gasteiger partial charge on any atom is 0.00950 e. The first-order valence-electron chi connectivity index (χ1n) is 8.70. The fourth-order valence-electron chi connectivity index (χ4n) is 5.35. The number of unbranched alkanes of at least 4 members (excludes halogenated alkanes) is 1. The van der Waals surface area contributed by atoms with Gasteiger partial charge in [-0.3, -0.25) is 0 Å². The number of rotatable bonds is 3. The molecule has 0 unspecified atom stereocenters. The van der Waals surface area contributed by atoms with Crippen LogP contribution in [0.3, 0.4) is 0 Å². The zero-order valence-electron chi connectivity index (χ0n) is 13.6. The second-order valence-corrected chi connectivity index (χ2v) is 7.39. The highest BCUT2D eigenvalue weighted by atomic mass is 15.2. The quantitative estimate of drug-likeness (QED) is 0.734. The van der Waals surface area contributed by atoms with Crippen LogP contribution in [-0.2, 0) is 0 Å². The van der Waals surface area contributed by atoms with Crippen molar-refractivity contribution in [1.29, 1.82) is 0 Å². The summed E-state index contributed by atoms with van der Waals surface area (Å²) in [6, 6.07) is 9.27. The first-order chi connectivity index (χ1) is 10.2. The van der Waals surface area contributed by atoms with E-state index in [1.54, 1.807) is 22.3 Å². The fraction of sp³-hybridized carbons (Fsp3) is 0.600. The van der Waals surface area contributed by atoms with Crippen molar-refractivity contribution in [1.82, 2.24) is 4.90 Å². The van der Waals surface area contributed by atoms with E-state index in [9.17, 15) is 0 Å². The van der Waals surface area contributed by atoms with Crippen LogP contribution in [0.1, 0.15) is 56.6 Å². The van der Waals surface area contributed by atoms with Crippen LogP contribution in [0.15, 0.2) is 35.4 Å². The van der Waals surface area contributed by atoms with Crippen molar-refractivity contribution < 1.29 is 0 Å². The van der Waals surface area contributed by atoms with Crippen LogP contribution < -0.4 is 0 Å². The van der Waals surface area contributed by atoms with E-state index in [-0.39, 0.29) is 0 Å². The number of likely N-dealkylation sites (tertiary alicyclic amines) is 1. The van der Waals surface area contributed by atoms with Gasteiger partial charge in [0.25, 0.3) is 0 Å². The topological polar surface area (TPSA) is 3.24 Å². The van der Waals surface area contributed by atoms with Crippen LogP contribution >= 0.6 is 0 Å². The monoisotopic (exact) mass is 281 g/mol. The van der Waals surface area contributed by atoms with Gasteiger partial charge in [0.15, 0.2) is 0 Å². The highest BCUT2D eigenvalue weighted by molar-refractivity contribution is 5.52. The Hall–Kier alpha value is -1.08. The van der Waals surface area contributed by atoms with Gasteiger partial charge in [0.05, 0.1) is 0 Å². The van der Waals surface area contributed by atoms with E-state index in [1.165, 1.54) is 32.5 Å². The Kier molecular flexibility index (Phi) is 3.22. The average Bonchev–Trinajstić information content (AvgIpc) is 2.92. The van der Waals surface area contributed by atoms with Crippen LogP contribution in [0, 0.1) is 11.8 Å². The molecule has 21 heavy (non-hydrogen) atoms. The molecule has 0 amide bonds. The molecule has 1 saturated heterocycles. The van der Waals surface area contributed by atoms with Crippen molar-refractivity contribution >= 4 is 0 Å². The summed E-state index contributed by atoms with van der Waals surface area (Å²) in [5.41, 5.74) is 6.64. The van der Waals surface area contributed by atoms with Crippen LogP contribution in [-0.4, -0.2) is 24.5 Å². The molecule has 0 aromatic heterocycles. The van der Waals surface area contributed by atoms with Crippen molar-refractivity contribution in [2.75, 3.05) is 19.6 Å². The maximum atomic E-state index is 2.75. The molecular formula is C20H27N. The number of allylic oxidation sites excluding steroid dienone is 2. The van der Waals surface area contributed by atoms with Crippen LogP contribution in [0.25, 0.3) is 0 Å². The lowest BCUT2D eigenvalue weighted by molar-refractivity contribution is 0.288. The molecule has 0 radical (unpaired) electrons. The Bertz CT molecular complexity index is 538. The van der Waals surface area contributed by atoms with E-state index in [4.69, 9.17) is 0 Å². The molecule has 0 spiro atoms. The van der Waals surface area contributed by atoms with E-state index >= 15 is 0 Å². The predicted octanol–water partition coefficient (Wildman–Crippen LogP) is 4.57. The van der Waals surface area contributed by atoms with Crippen molar-refractivity contribution in [3.8, 4) is 0 Å². The second-order valence-electron chi connectivity index (χ2n) is 7.39. The minimum atomic E-state index is 0.697. The lowest BCUT2D eigenvalue weighted by atomic mass is 9.56. The van der Waals surface area contributed by atoms with Gasteiger partial charge in [-0.15, -0.1) is 0 Å². The molecule has 2 bridgehead atoms. The normalized spacial score (nSPS) is 34.2. The van der Waals surface area contributed by atoms with Gasteiger partial charge in [-0.2, -0.15) is 0 Å². The summed E-state index contributed by atoms with van der Waals surface area (Å²) in [5, 5.41) is 0. The van der Waals surface area contributed by atoms with Gasteiger partial charge in [0, 0.05) is 24.9 Å². The highest BCUT2D eigenvalue weighted by Gasteiger charge is 2.51. The zero-order valence-corrected chi connectivity index (χ0v) is 13.6. The van der Waals surface area contributed by atoms with Gasteiger partial charge in [0.2, 0.25) is 0 Å². The second kappa shape index (κ2) is 4.98. The fourth-order valence-corrected chi connectivity index (χ4v) is 5.35. The van der Waals surface area contributed by atoms with E-state index in [0.717, 1.165) is 11.8 Å². The summed E-state index contributed by atoms with van der Waals surface area (Å²) in [6.45, 7) is 11.0. The summed E-state index contributed by atoms with van der Waals surface area (Å²) >= 11 is 0. The Labute approximate surface area is 129 Å². The van der Waals surface area contributed by atoms with Gasteiger partial charge < -0.3 is 4.90 Å². The third-order valence-corrected chi connectivity index (χ3v) is 6.39. The Morgan fingerprint density at radius 3 is 1.95 bits per heavy atom. The summed E-state index contributed by atoms with van der Waals surface area (Å²) < 4.78 is 0. The van der Waals surface area contributed by atoms with Gasteiger partial charge in [-0.25, -0.2) is 0 Å². The maximum absolute atomic E-state index is 2.75. The van der Waals surface area contributed by atoms with Crippen LogP contribution in [0.5, 0.6) is 0 Å². The first kappa shape index (κ1) is 13.6. The Balaban J connectivity index is 1.72. The molecule has 1 aromatic rings. The minimum absolute atomic E-state index is 0.697. The van der Waals surface area contributed by atoms with Crippen molar-refractivity contribution in [2.45, 2.75) is 45.4 Å². The predicted molar refractivity (Wildman–Crippen MR) is 88.6 cm³/mol. The number of hydrogen-bond acceptors (Lipinski definition) is 1. The Morgan fingerprint density at radius 1 is 0.952 bits per heavy atom. The summed E-state index contributed by atoms with van der Waals surface area (Å²) in [4.78, 5) is 2.75. The lowest BCUT2D eigenvalue weighted by Crippen LogP contribution is -2.38. The summed E-state index contributed by atoms with van der Waals surface area (Å²) in [5.74, 6) is 3.13. The number of nitrogens with zero attached hydrogens (tertiary/aromatic N) is 1. The molecule has 4 atom stereocenters. The molecule has 112 valence electrons. The van der Waals surface area contributed by atoms with E-state index in [1.807, 2.05) is 0 Å². The molecule has 1 aliphatic heterocycles. The molecule has 0 saturated carbocycles. The third-order valence-electron chi connectivity index (χ3n) is 6.39. The molecule has 1 aromatic carbocycles. The van der Waals surface area contributed by atoms with Crippen molar-refractivity contribution in [2.24, 2.45) is 11.8 Å². The van der Waals surface area contributed by atoms with E-state index in [0.29, 0.717) is 11.8 Å². The average molecular weight is 281 g/mol. The standard InChI is InChI=1S/C20H27N/c1-4-5-10-21-11-17-18(12-21)20-14(3)13(2)19(17)15-8-6-7-9-16(15)20/h6-9,17-20H,4-5,10-12H2,1-3H3/t17-,18+,19+,20-. The molecular weight excluding hydrogens is 254 g/mol. The first-order valence-corrected chi connectivity index (χ1v) is 8.70. The smallest absolute Gasteiger partial charge is 0.00950 e. The highest BCUT2D eigenvalue weighted by Crippen LogP contribution is 2.59. The minimum Gasteiger partial charge on any atom is -0.303 e. The third kappa shape index (κ3) is 1.86. The lowest BCUT2D eigenvalue weighted by Gasteiger charge is -2.48. The summed E-state index contributed by atoms with van der Waals surface area (Å²) in [7, 11) is 0. The van der Waals surface area contributed by atoms with Gasteiger partial charge >= 0.3 is 0 Å². The molecule has 5 rings (SSSR count). The SMILES string of the molecule is CCCCN1C[C@@H]2[C@H](C1)[C@@H]1C(C)=C(C)[C@H]2c2ccccc21. The van der Waals surface area contributed by atoms with Gasteiger partial charge in [0.1, 0.15) is 0 Å². The van der Waals surface area contributed by atoms with Crippen molar-refractivity contribution in [3.63, 3.8) is 0 Å². The van der Waals surface area contributed by atoms with Crippen molar-refractivity contribution in [3.05, 3.63) is 46.5 Å². The molecule has 3 aliphatic carbocycles. The number of benzene rings is 1. The Morgan fingerprint density at radius 2 is 1.48 bits per heavy atom.